The minimum absolute atomic E-state index is 0.192. The fourth-order valence-corrected chi connectivity index (χ4v) is 5.46. The summed E-state index contributed by atoms with van der Waals surface area (Å²) in [6.45, 7) is 1.82. The van der Waals surface area contributed by atoms with E-state index in [-0.39, 0.29) is 11.9 Å². The molecule has 2 N–H and O–H groups in total. The first kappa shape index (κ1) is 22.7. The van der Waals surface area contributed by atoms with Crippen LogP contribution in [-0.4, -0.2) is 31.4 Å². The first-order chi connectivity index (χ1) is 17.7. The van der Waals surface area contributed by atoms with Crippen molar-refractivity contribution in [2.24, 2.45) is 0 Å². The number of ether oxygens (including phenoxy) is 3. The second kappa shape index (κ2) is 9.75. The van der Waals surface area contributed by atoms with E-state index in [9.17, 15) is 5.11 Å². The third kappa shape index (κ3) is 4.35. The number of methoxy groups -OCH3 is 1. The molecular weight excluding hydrogens is 450 g/mol. The van der Waals surface area contributed by atoms with Gasteiger partial charge in [0.25, 0.3) is 0 Å². The average Bonchev–Trinajstić information content (AvgIpc) is 2.92. The van der Waals surface area contributed by atoms with Crippen molar-refractivity contribution in [3.63, 3.8) is 0 Å². The van der Waals surface area contributed by atoms with Gasteiger partial charge in [-0.1, -0.05) is 36.8 Å². The highest BCUT2D eigenvalue weighted by Gasteiger charge is 2.29. The number of hydrogen-bond acceptors (Lipinski definition) is 5. The van der Waals surface area contributed by atoms with E-state index in [1.54, 1.807) is 19.2 Å². The number of phenols is 1. The molecule has 2 heterocycles. The van der Waals surface area contributed by atoms with Crippen LogP contribution in [0.3, 0.4) is 0 Å². The summed E-state index contributed by atoms with van der Waals surface area (Å²) in [5.41, 5.74) is 4.24. The van der Waals surface area contributed by atoms with Gasteiger partial charge in [0.15, 0.2) is 6.10 Å². The van der Waals surface area contributed by atoms with Crippen molar-refractivity contribution in [3.8, 4) is 34.1 Å². The molecule has 0 bridgehead atoms. The minimum Gasteiger partial charge on any atom is -0.508 e. The van der Waals surface area contributed by atoms with Crippen molar-refractivity contribution in [3.05, 3.63) is 83.9 Å². The molecule has 2 aliphatic heterocycles. The van der Waals surface area contributed by atoms with Gasteiger partial charge < -0.3 is 24.6 Å². The van der Waals surface area contributed by atoms with Crippen LogP contribution in [-0.2, 0) is 0 Å². The fourth-order valence-electron chi connectivity index (χ4n) is 5.46. The van der Waals surface area contributed by atoms with E-state index in [4.69, 9.17) is 14.2 Å². The number of fused-ring (bicyclic) bond motifs is 5. The van der Waals surface area contributed by atoms with Crippen LogP contribution in [0.4, 0.5) is 0 Å². The Bertz CT molecular complexity index is 1380. The van der Waals surface area contributed by atoms with Gasteiger partial charge in [-0.2, -0.15) is 0 Å². The van der Waals surface area contributed by atoms with Gasteiger partial charge in [-0.05, 0) is 84.1 Å². The maximum atomic E-state index is 10.1. The Morgan fingerprint density at radius 1 is 0.917 bits per heavy atom. The molecule has 4 aromatic rings. The first-order valence-electron chi connectivity index (χ1n) is 12.8. The van der Waals surface area contributed by atoms with Crippen LogP contribution in [0.25, 0.3) is 21.9 Å². The van der Waals surface area contributed by atoms with Crippen molar-refractivity contribution < 1.29 is 19.3 Å². The Balaban J connectivity index is 1.32. The monoisotopic (exact) mass is 481 g/mol. The number of aromatic hydroxyl groups is 1. The Morgan fingerprint density at radius 3 is 2.56 bits per heavy atom. The largest absolute Gasteiger partial charge is 0.508 e. The highest BCUT2D eigenvalue weighted by atomic mass is 16.5. The van der Waals surface area contributed by atoms with Gasteiger partial charge in [0, 0.05) is 23.2 Å². The molecule has 5 nitrogen and oxygen atoms in total. The second-order valence-electron chi connectivity index (χ2n) is 9.65. The Hall–Kier alpha value is -3.70. The van der Waals surface area contributed by atoms with Crippen LogP contribution < -0.4 is 19.5 Å². The molecular formula is C31H31NO4. The Kier molecular flexibility index (Phi) is 6.16. The van der Waals surface area contributed by atoms with Crippen molar-refractivity contribution >= 4 is 10.8 Å². The van der Waals surface area contributed by atoms with E-state index >= 15 is 0 Å². The summed E-state index contributed by atoms with van der Waals surface area (Å²) in [7, 11) is 1.68. The predicted octanol–water partition coefficient (Wildman–Crippen LogP) is 6.61. The summed E-state index contributed by atoms with van der Waals surface area (Å²) < 4.78 is 18.1. The van der Waals surface area contributed by atoms with Crippen LogP contribution in [0, 0.1) is 0 Å². The van der Waals surface area contributed by atoms with Crippen LogP contribution >= 0.6 is 0 Å². The SMILES string of the molecule is COc1ccc2c3c(ccc2c1)-c1ccc(O)cc1OC3c1ccc(OCCC2CCCCN2)cc1. The number of benzene rings is 4. The van der Waals surface area contributed by atoms with E-state index in [1.165, 1.54) is 19.3 Å². The van der Waals surface area contributed by atoms with Crippen LogP contribution in [0.2, 0.25) is 0 Å². The van der Waals surface area contributed by atoms with Crippen molar-refractivity contribution in [2.45, 2.75) is 37.8 Å². The molecule has 184 valence electrons. The quantitative estimate of drug-likeness (QED) is 0.324. The molecule has 0 spiro atoms. The Labute approximate surface area is 211 Å². The third-order valence-corrected chi connectivity index (χ3v) is 7.36. The maximum Gasteiger partial charge on any atom is 0.150 e. The molecule has 2 atom stereocenters. The van der Waals surface area contributed by atoms with Gasteiger partial charge in [0.05, 0.1) is 13.7 Å². The summed E-state index contributed by atoms with van der Waals surface area (Å²) in [5, 5.41) is 15.9. The van der Waals surface area contributed by atoms with E-state index < -0.39 is 0 Å². The van der Waals surface area contributed by atoms with Gasteiger partial charge in [0.2, 0.25) is 0 Å². The molecule has 0 saturated carbocycles. The smallest absolute Gasteiger partial charge is 0.150 e. The lowest BCUT2D eigenvalue weighted by atomic mass is 9.86. The lowest BCUT2D eigenvalue weighted by Crippen LogP contribution is -2.35. The lowest BCUT2D eigenvalue weighted by Gasteiger charge is -2.30. The zero-order chi connectivity index (χ0) is 24.5. The van der Waals surface area contributed by atoms with Gasteiger partial charge in [-0.25, -0.2) is 0 Å². The van der Waals surface area contributed by atoms with E-state index in [0.717, 1.165) is 57.5 Å². The van der Waals surface area contributed by atoms with Crippen molar-refractivity contribution in [1.29, 1.82) is 0 Å². The number of piperidine rings is 1. The maximum absolute atomic E-state index is 10.1. The van der Waals surface area contributed by atoms with E-state index in [1.807, 2.05) is 24.3 Å². The minimum atomic E-state index is -0.313. The zero-order valence-electron chi connectivity index (χ0n) is 20.5. The highest BCUT2D eigenvalue weighted by molar-refractivity contribution is 5.95. The third-order valence-electron chi connectivity index (χ3n) is 7.36. The highest BCUT2D eigenvalue weighted by Crippen LogP contribution is 2.48. The summed E-state index contributed by atoms with van der Waals surface area (Å²) in [5.74, 6) is 2.57. The molecule has 2 unspecified atom stereocenters. The van der Waals surface area contributed by atoms with Crippen LogP contribution in [0.5, 0.6) is 23.0 Å². The standard InChI is InChI=1S/C31H31NO4/c1-34-25-11-14-26-21(18-25)7-12-28-27-13-8-23(33)19-29(27)36-31(30(26)28)20-5-9-24(10-6-20)35-17-15-22-4-2-3-16-32-22/h5-14,18-19,22,31-33H,2-4,15-17H2,1H3. The lowest BCUT2D eigenvalue weighted by molar-refractivity contribution is 0.243. The summed E-state index contributed by atoms with van der Waals surface area (Å²) in [6.07, 6.45) is 4.52. The first-order valence-corrected chi connectivity index (χ1v) is 12.8. The molecule has 1 saturated heterocycles. The zero-order valence-corrected chi connectivity index (χ0v) is 20.5. The summed E-state index contributed by atoms with van der Waals surface area (Å²) in [6, 6.07) is 24.5. The molecule has 36 heavy (non-hydrogen) atoms. The molecule has 2 aliphatic rings. The summed E-state index contributed by atoms with van der Waals surface area (Å²) >= 11 is 0. The number of nitrogens with one attached hydrogen (secondary N) is 1. The number of phenolic OH excluding ortho intramolecular Hbond substituents is 1. The number of hydrogen-bond donors (Lipinski definition) is 2. The van der Waals surface area contributed by atoms with Gasteiger partial charge >= 0.3 is 0 Å². The van der Waals surface area contributed by atoms with Gasteiger partial charge in [0.1, 0.15) is 23.0 Å². The molecule has 1 fully saturated rings. The predicted molar refractivity (Wildman–Crippen MR) is 142 cm³/mol. The van der Waals surface area contributed by atoms with E-state index in [2.05, 4.69) is 41.7 Å². The molecule has 0 radical (unpaired) electrons. The summed E-state index contributed by atoms with van der Waals surface area (Å²) in [4.78, 5) is 0. The number of rotatable bonds is 6. The van der Waals surface area contributed by atoms with Gasteiger partial charge in [-0.3, -0.25) is 0 Å². The molecule has 5 heteroatoms. The Morgan fingerprint density at radius 2 is 1.75 bits per heavy atom. The topological polar surface area (TPSA) is 60.0 Å². The molecule has 0 amide bonds. The van der Waals surface area contributed by atoms with Gasteiger partial charge in [-0.15, -0.1) is 0 Å². The fraction of sp³-hybridized carbons (Fsp3) is 0.290. The van der Waals surface area contributed by atoms with E-state index in [0.29, 0.717) is 18.4 Å². The van der Waals surface area contributed by atoms with Crippen LogP contribution in [0.1, 0.15) is 42.9 Å². The van der Waals surface area contributed by atoms with Crippen LogP contribution in [0.15, 0.2) is 72.8 Å². The van der Waals surface area contributed by atoms with Crippen molar-refractivity contribution in [1.82, 2.24) is 5.32 Å². The molecule has 0 aliphatic carbocycles. The average molecular weight is 482 g/mol. The van der Waals surface area contributed by atoms with Crippen molar-refractivity contribution in [2.75, 3.05) is 20.3 Å². The molecule has 0 aromatic heterocycles. The second-order valence-corrected chi connectivity index (χ2v) is 9.65. The normalized spacial score (nSPS) is 18.7. The molecule has 6 rings (SSSR count). The molecule has 4 aromatic carbocycles.